The Hall–Kier alpha value is -2.98. The van der Waals surface area contributed by atoms with Gasteiger partial charge in [-0.2, -0.15) is 0 Å². The first kappa shape index (κ1) is 24.7. The van der Waals surface area contributed by atoms with Gasteiger partial charge in [-0.05, 0) is 79.8 Å². The molecule has 0 spiro atoms. The zero-order chi connectivity index (χ0) is 25.3. The van der Waals surface area contributed by atoms with E-state index >= 15 is 0 Å². The standard InChI is InChI=1S/C26H23ClFN3O3S2/c1-31(11-3-6-23-22-10-9-20(28)15-24(22)34-29-23)16-17-4-2-5-21(12-17)30-36(32,33)26-13-18-7-8-19(27)14-25(18)35-26/h2,4-5,7-10,12-15,30H,3,6,11,16H2,1H3. The molecular weight excluding hydrogens is 521 g/mol. The fraction of sp³-hybridized carbons (Fsp3) is 0.192. The van der Waals surface area contributed by atoms with Crippen molar-refractivity contribution in [2.45, 2.75) is 23.6 Å². The smallest absolute Gasteiger partial charge is 0.271 e. The number of sulfonamides is 1. The topological polar surface area (TPSA) is 75.4 Å². The first-order chi connectivity index (χ1) is 17.3. The molecule has 0 radical (unpaired) electrons. The molecule has 0 saturated carbocycles. The summed E-state index contributed by atoms with van der Waals surface area (Å²) >= 11 is 7.22. The first-order valence-corrected chi connectivity index (χ1v) is 14.0. The van der Waals surface area contributed by atoms with Crippen molar-refractivity contribution in [1.29, 1.82) is 0 Å². The lowest BCUT2D eigenvalue weighted by molar-refractivity contribution is 0.320. The molecule has 5 aromatic rings. The molecule has 0 amide bonds. The third kappa shape index (κ3) is 5.54. The minimum Gasteiger partial charge on any atom is -0.356 e. The van der Waals surface area contributed by atoms with Gasteiger partial charge in [-0.25, -0.2) is 12.8 Å². The number of nitrogens with one attached hydrogen (secondary N) is 1. The average Bonchev–Trinajstić information content (AvgIpc) is 3.43. The zero-order valence-corrected chi connectivity index (χ0v) is 21.8. The van der Waals surface area contributed by atoms with E-state index < -0.39 is 10.0 Å². The van der Waals surface area contributed by atoms with Crippen molar-refractivity contribution in [3.8, 4) is 0 Å². The average molecular weight is 544 g/mol. The highest BCUT2D eigenvalue weighted by molar-refractivity contribution is 7.94. The number of anilines is 1. The number of aromatic nitrogens is 1. The van der Waals surface area contributed by atoms with Crippen LogP contribution in [-0.2, 0) is 23.0 Å². The minimum atomic E-state index is -3.72. The van der Waals surface area contributed by atoms with Gasteiger partial charge in [0.1, 0.15) is 10.0 Å². The molecular formula is C26H23ClFN3O3S2. The zero-order valence-electron chi connectivity index (χ0n) is 19.4. The fourth-order valence-electron chi connectivity index (χ4n) is 4.10. The van der Waals surface area contributed by atoms with Gasteiger partial charge < -0.3 is 9.42 Å². The molecule has 0 fully saturated rings. The van der Waals surface area contributed by atoms with Crippen LogP contribution in [0.25, 0.3) is 21.1 Å². The largest absolute Gasteiger partial charge is 0.356 e. The molecule has 3 aromatic carbocycles. The summed E-state index contributed by atoms with van der Waals surface area (Å²) in [5, 5.41) is 6.32. The SMILES string of the molecule is CN(CCCc1noc2cc(F)ccc12)Cc1cccc(NS(=O)(=O)c2cc3ccc(Cl)cc3s2)c1. The summed E-state index contributed by atoms with van der Waals surface area (Å²) in [5.41, 5.74) is 2.77. The number of hydrogen-bond acceptors (Lipinski definition) is 6. The van der Waals surface area contributed by atoms with Crippen LogP contribution in [0.5, 0.6) is 0 Å². The van der Waals surface area contributed by atoms with Crippen LogP contribution in [-0.4, -0.2) is 32.1 Å². The van der Waals surface area contributed by atoms with E-state index in [0.29, 0.717) is 29.3 Å². The first-order valence-electron chi connectivity index (χ1n) is 11.3. The van der Waals surface area contributed by atoms with E-state index in [4.69, 9.17) is 16.1 Å². The van der Waals surface area contributed by atoms with Crippen molar-refractivity contribution in [2.24, 2.45) is 0 Å². The normalized spacial score (nSPS) is 12.1. The number of hydrogen-bond donors (Lipinski definition) is 1. The van der Waals surface area contributed by atoms with Crippen LogP contribution in [0.1, 0.15) is 17.7 Å². The van der Waals surface area contributed by atoms with Gasteiger partial charge in [0.25, 0.3) is 10.0 Å². The maximum atomic E-state index is 13.3. The maximum Gasteiger partial charge on any atom is 0.271 e. The summed E-state index contributed by atoms with van der Waals surface area (Å²) in [6, 6.07) is 18.8. The third-order valence-electron chi connectivity index (χ3n) is 5.82. The molecule has 186 valence electrons. The Kier molecular flexibility index (Phi) is 6.98. The lowest BCUT2D eigenvalue weighted by Gasteiger charge is -2.17. The van der Waals surface area contributed by atoms with Crippen LogP contribution < -0.4 is 4.72 Å². The number of nitrogens with zero attached hydrogens (tertiary/aromatic N) is 2. The Morgan fingerprint density at radius 1 is 1.11 bits per heavy atom. The Morgan fingerprint density at radius 3 is 2.83 bits per heavy atom. The molecule has 36 heavy (non-hydrogen) atoms. The van der Waals surface area contributed by atoms with E-state index in [1.165, 1.54) is 23.5 Å². The third-order valence-corrected chi connectivity index (χ3v) is 9.01. The highest BCUT2D eigenvalue weighted by Gasteiger charge is 2.18. The van der Waals surface area contributed by atoms with Crippen LogP contribution in [0, 0.1) is 5.82 Å². The van der Waals surface area contributed by atoms with Crippen molar-refractivity contribution in [3.63, 3.8) is 0 Å². The summed E-state index contributed by atoms with van der Waals surface area (Å²) in [6.45, 7) is 1.46. The van der Waals surface area contributed by atoms with Gasteiger partial charge in [0, 0.05) is 33.4 Å². The van der Waals surface area contributed by atoms with Crippen molar-refractivity contribution in [2.75, 3.05) is 18.3 Å². The summed E-state index contributed by atoms with van der Waals surface area (Å²) in [7, 11) is -1.71. The lowest BCUT2D eigenvalue weighted by atomic mass is 10.1. The molecule has 0 aliphatic heterocycles. The van der Waals surface area contributed by atoms with E-state index in [-0.39, 0.29) is 10.0 Å². The Labute approximate surface area is 217 Å². The van der Waals surface area contributed by atoms with Crippen LogP contribution in [0.2, 0.25) is 5.02 Å². The Balaban J connectivity index is 1.19. The van der Waals surface area contributed by atoms with Gasteiger partial charge in [0.05, 0.1) is 5.69 Å². The highest BCUT2D eigenvalue weighted by Crippen LogP contribution is 2.32. The highest BCUT2D eigenvalue weighted by atomic mass is 35.5. The molecule has 2 heterocycles. The molecule has 1 N–H and O–H groups in total. The van der Waals surface area contributed by atoms with E-state index in [9.17, 15) is 12.8 Å². The van der Waals surface area contributed by atoms with Crippen molar-refractivity contribution >= 4 is 59.7 Å². The number of thiophene rings is 1. The van der Waals surface area contributed by atoms with Crippen molar-refractivity contribution < 1.29 is 17.3 Å². The minimum absolute atomic E-state index is 0.241. The molecule has 10 heteroatoms. The molecule has 5 rings (SSSR count). The van der Waals surface area contributed by atoms with Crippen molar-refractivity contribution in [1.82, 2.24) is 10.1 Å². The Morgan fingerprint density at radius 2 is 1.97 bits per heavy atom. The number of fused-ring (bicyclic) bond motifs is 2. The second-order valence-electron chi connectivity index (χ2n) is 8.66. The molecule has 2 aromatic heterocycles. The maximum absolute atomic E-state index is 13.3. The number of rotatable bonds is 9. The van der Waals surface area contributed by atoms with Gasteiger partial charge in [-0.3, -0.25) is 4.72 Å². The van der Waals surface area contributed by atoms with Crippen LogP contribution >= 0.6 is 22.9 Å². The van der Waals surface area contributed by atoms with Gasteiger partial charge in [0.15, 0.2) is 5.58 Å². The summed E-state index contributed by atoms with van der Waals surface area (Å²) in [4.78, 5) is 2.16. The van der Waals surface area contributed by atoms with Gasteiger partial charge in [-0.1, -0.05) is 35.0 Å². The predicted molar refractivity (Wildman–Crippen MR) is 143 cm³/mol. The van der Waals surface area contributed by atoms with E-state index in [1.54, 1.807) is 30.3 Å². The number of halogens is 2. The van der Waals surface area contributed by atoms with Gasteiger partial charge in [-0.15, -0.1) is 11.3 Å². The number of aryl methyl sites for hydroxylation is 1. The molecule has 0 bridgehead atoms. The second-order valence-corrected chi connectivity index (χ2v) is 12.1. The van der Waals surface area contributed by atoms with Crippen LogP contribution in [0.3, 0.4) is 0 Å². The van der Waals surface area contributed by atoms with E-state index in [2.05, 4.69) is 14.8 Å². The quantitative estimate of drug-likeness (QED) is 0.224. The fourth-order valence-corrected chi connectivity index (χ4v) is 6.83. The number of benzene rings is 3. The monoisotopic (exact) mass is 543 g/mol. The second kappa shape index (κ2) is 10.2. The van der Waals surface area contributed by atoms with Gasteiger partial charge >= 0.3 is 0 Å². The van der Waals surface area contributed by atoms with E-state index in [0.717, 1.165) is 39.7 Å². The lowest BCUT2D eigenvalue weighted by Crippen LogP contribution is -2.20. The van der Waals surface area contributed by atoms with E-state index in [1.807, 2.05) is 31.3 Å². The Bertz CT molecular complexity index is 1650. The predicted octanol–water partition coefficient (Wildman–Crippen LogP) is 6.70. The molecule has 0 saturated heterocycles. The summed E-state index contributed by atoms with van der Waals surface area (Å²) in [5.74, 6) is -0.344. The summed E-state index contributed by atoms with van der Waals surface area (Å²) in [6.07, 6.45) is 1.56. The van der Waals surface area contributed by atoms with Crippen molar-refractivity contribution in [3.05, 3.63) is 88.8 Å². The van der Waals surface area contributed by atoms with Gasteiger partial charge in [0.2, 0.25) is 0 Å². The van der Waals surface area contributed by atoms with Crippen LogP contribution in [0.4, 0.5) is 10.1 Å². The molecule has 0 aliphatic carbocycles. The molecule has 0 aliphatic rings. The van der Waals surface area contributed by atoms with Crippen LogP contribution in [0.15, 0.2) is 75.5 Å². The molecule has 0 atom stereocenters. The molecule has 6 nitrogen and oxygen atoms in total. The molecule has 0 unspecified atom stereocenters. The summed E-state index contributed by atoms with van der Waals surface area (Å²) < 4.78 is 48.3.